The smallest absolute Gasteiger partial charge is 0.0594 e. The van der Waals surface area contributed by atoms with Crippen molar-refractivity contribution in [2.75, 3.05) is 32.8 Å². The summed E-state index contributed by atoms with van der Waals surface area (Å²) in [7, 11) is 0. The van der Waals surface area contributed by atoms with E-state index in [2.05, 4.69) is 27.3 Å². The minimum Gasteiger partial charge on any atom is -0.379 e. The van der Waals surface area contributed by atoms with Gasteiger partial charge < -0.3 is 10.1 Å². The Morgan fingerprint density at radius 2 is 2.38 bits per heavy atom. The zero-order chi connectivity index (χ0) is 11.2. The Morgan fingerprint density at radius 1 is 1.56 bits per heavy atom. The summed E-state index contributed by atoms with van der Waals surface area (Å²) in [5.74, 6) is 0. The number of nitrogens with zero attached hydrogens (tertiary/aromatic N) is 2. The van der Waals surface area contributed by atoms with Crippen molar-refractivity contribution in [1.82, 2.24) is 20.4 Å². The lowest BCUT2D eigenvalue weighted by Crippen LogP contribution is -2.44. The van der Waals surface area contributed by atoms with Crippen molar-refractivity contribution in [2.45, 2.75) is 19.5 Å². The van der Waals surface area contributed by atoms with Gasteiger partial charge in [-0.25, -0.2) is 0 Å². The highest BCUT2D eigenvalue weighted by molar-refractivity contribution is 4.96. The zero-order valence-electron chi connectivity index (χ0n) is 9.78. The summed E-state index contributed by atoms with van der Waals surface area (Å²) in [6.45, 7) is 7.99. The van der Waals surface area contributed by atoms with E-state index in [0.717, 1.165) is 45.1 Å². The highest BCUT2D eigenvalue weighted by Gasteiger charge is 2.13. The average molecular weight is 224 g/mol. The molecule has 0 saturated carbocycles. The first-order chi connectivity index (χ1) is 7.84. The second kappa shape index (κ2) is 5.98. The van der Waals surface area contributed by atoms with Crippen LogP contribution in [0.25, 0.3) is 0 Å². The molecule has 2 rings (SSSR count). The molecule has 0 spiro atoms. The largest absolute Gasteiger partial charge is 0.379 e. The SMILES string of the molecule is CC(CN1CCOCC1)NCc1ccn[nH]1. The van der Waals surface area contributed by atoms with Gasteiger partial charge in [-0.05, 0) is 13.0 Å². The van der Waals surface area contributed by atoms with Crippen LogP contribution >= 0.6 is 0 Å². The molecule has 2 N–H and O–H groups in total. The normalized spacial score (nSPS) is 19.8. The predicted molar refractivity (Wildman–Crippen MR) is 62.1 cm³/mol. The maximum absolute atomic E-state index is 5.32. The minimum absolute atomic E-state index is 0.487. The minimum atomic E-state index is 0.487. The Labute approximate surface area is 96.2 Å². The van der Waals surface area contributed by atoms with Crippen LogP contribution in [-0.2, 0) is 11.3 Å². The van der Waals surface area contributed by atoms with Gasteiger partial charge in [-0.1, -0.05) is 0 Å². The number of hydrogen-bond acceptors (Lipinski definition) is 4. The predicted octanol–water partition coefficient (Wildman–Crippen LogP) is 0.220. The maximum Gasteiger partial charge on any atom is 0.0594 e. The Balaban J connectivity index is 1.65. The lowest BCUT2D eigenvalue weighted by Gasteiger charge is -2.29. The van der Waals surface area contributed by atoms with E-state index >= 15 is 0 Å². The van der Waals surface area contributed by atoms with Crippen molar-refractivity contribution in [2.24, 2.45) is 0 Å². The number of ether oxygens (including phenoxy) is 1. The monoisotopic (exact) mass is 224 g/mol. The van der Waals surface area contributed by atoms with Crippen molar-refractivity contribution in [1.29, 1.82) is 0 Å². The van der Waals surface area contributed by atoms with Gasteiger partial charge in [-0.2, -0.15) is 5.10 Å². The van der Waals surface area contributed by atoms with E-state index in [1.165, 1.54) is 0 Å². The molecule has 0 aromatic carbocycles. The van der Waals surface area contributed by atoms with Crippen molar-refractivity contribution in [3.05, 3.63) is 18.0 Å². The van der Waals surface area contributed by atoms with E-state index in [1.807, 2.05) is 6.07 Å². The Bertz CT molecular complexity index is 282. The molecule has 2 heterocycles. The van der Waals surface area contributed by atoms with Crippen LogP contribution in [0.2, 0.25) is 0 Å². The Hall–Kier alpha value is -0.910. The highest BCUT2D eigenvalue weighted by Crippen LogP contribution is 1.99. The van der Waals surface area contributed by atoms with Crippen LogP contribution in [0.4, 0.5) is 0 Å². The van der Waals surface area contributed by atoms with E-state index < -0.39 is 0 Å². The summed E-state index contributed by atoms with van der Waals surface area (Å²) in [6.07, 6.45) is 1.78. The van der Waals surface area contributed by atoms with Gasteiger partial charge in [0.25, 0.3) is 0 Å². The van der Waals surface area contributed by atoms with Crippen molar-refractivity contribution in [3.8, 4) is 0 Å². The second-order valence-corrected chi connectivity index (χ2v) is 4.28. The van der Waals surface area contributed by atoms with Crippen LogP contribution in [0.3, 0.4) is 0 Å². The fraction of sp³-hybridized carbons (Fsp3) is 0.727. The standard InChI is InChI=1S/C11H20N4O/c1-10(9-15-4-6-16-7-5-15)12-8-11-2-3-13-14-11/h2-3,10,12H,4-9H2,1H3,(H,13,14). The number of aromatic nitrogens is 2. The second-order valence-electron chi connectivity index (χ2n) is 4.28. The van der Waals surface area contributed by atoms with Crippen molar-refractivity contribution < 1.29 is 4.74 Å². The zero-order valence-corrected chi connectivity index (χ0v) is 9.78. The molecule has 1 aromatic heterocycles. The lowest BCUT2D eigenvalue weighted by molar-refractivity contribution is 0.0343. The van der Waals surface area contributed by atoms with Gasteiger partial charge in [0.05, 0.1) is 13.2 Å². The highest BCUT2D eigenvalue weighted by atomic mass is 16.5. The molecular weight excluding hydrogens is 204 g/mol. The quantitative estimate of drug-likeness (QED) is 0.751. The molecule has 1 unspecified atom stereocenters. The first-order valence-electron chi connectivity index (χ1n) is 5.86. The Kier molecular flexibility index (Phi) is 4.33. The van der Waals surface area contributed by atoms with Gasteiger partial charge >= 0.3 is 0 Å². The van der Waals surface area contributed by atoms with Crippen LogP contribution < -0.4 is 5.32 Å². The molecule has 1 fully saturated rings. The van der Waals surface area contributed by atoms with E-state index in [0.29, 0.717) is 6.04 Å². The van der Waals surface area contributed by atoms with Crippen LogP contribution in [0.1, 0.15) is 12.6 Å². The maximum atomic E-state index is 5.32. The molecule has 90 valence electrons. The molecule has 0 bridgehead atoms. The molecule has 1 aliphatic heterocycles. The van der Waals surface area contributed by atoms with Crippen LogP contribution in [0.15, 0.2) is 12.3 Å². The van der Waals surface area contributed by atoms with Crippen molar-refractivity contribution >= 4 is 0 Å². The fourth-order valence-corrected chi connectivity index (χ4v) is 1.90. The molecule has 0 amide bonds. The summed E-state index contributed by atoms with van der Waals surface area (Å²) in [4.78, 5) is 2.44. The number of rotatable bonds is 5. The van der Waals surface area contributed by atoms with E-state index in [9.17, 15) is 0 Å². The van der Waals surface area contributed by atoms with Gasteiger partial charge in [-0.3, -0.25) is 10.00 Å². The van der Waals surface area contributed by atoms with E-state index in [4.69, 9.17) is 4.74 Å². The number of H-pyrrole nitrogens is 1. The molecule has 16 heavy (non-hydrogen) atoms. The first kappa shape index (κ1) is 11.6. The third kappa shape index (κ3) is 3.59. The molecule has 5 nitrogen and oxygen atoms in total. The molecule has 1 saturated heterocycles. The van der Waals surface area contributed by atoms with Crippen LogP contribution in [0.5, 0.6) is 0 Å². The number of morpholine rings is 1. The van der Waals surface area contributed by atoms with Gasteiger partial charge in [0.1, 0.15) is 0 Å². The van der Waals surface area contributed by atoms with Gasteiger partial charge in [0.2, 0.25) is 0 Å². The summed E-state index contributed by atoms with van der Waals surface area (Å²) in [5.41, 5.74) is 1.13. The van der Waals surface area contributed by atoms with Gasteiger partial charge in [-0.15, -0.1) is 0 Å². The van der Waals surface area contributed by atoms with Gasteiger partial charge in [0, 0.05) is 44.1 Å². The molecular formula is C11H20N4O. The third-order valence-electron chi connectivity index (χ3n) is 2.84. The lowest BCUT2D eigenvalue weighted by atomic mass is 10.2. The van der Waals surface area contributed by atoms with Crippen LogP contribution in [-0.4, -0.2) is 54.0 Å². The summed E-state index contributed by atoms with van der Waals surface area (Å²) in [5, 5.41) is 10.4. The molecule has 1 aromatic rings. The summed E-state index contributed by atoms with van der Waals surface area (Å²) < 4.78 is 5.32. The van der Waals surface area contributed by atoms with Crippen LogP contribution in [0, 0.1) is 0 Å². The topological polar surface area (TPSA) is 53.2 Å². The number of hydrogen-bond donors (Lipinski definition) is 2. The molecule has 0 aliphatic carbocycles. The third-order valence-corrected chi connectivity index (χ3v) is 2.84. The van der Waals surface area contributed by atoms with E-state index in [-0.39, 0.29) is 0 Å². The van der Waals surface area contributed by atoms with Crippen molar-refractivity contribution in [3.63, 3.8) is 0 Å². The fourth-order valence-electron chi connectivity index (χ4n) is 1.90. The molecule has 1 aliphatic rings. The summed E-state index contributed by atoms with van der Waals surface area (Å²) in [6, 6.07) is 2.48. The van der Waals surface area contributed by atoms with E-state index in [1.54, 1.807) is 6.20 Å². The average Bonchev–Trinajstić information content (AvgIpc) is 2.81. The molecule has 1 atom stereocenters. The number of aromatic amines is 1. The summed E-state index contributed by atoms with van der Waals surface area (Å²) >= 11 is 0. The molecule has 5 heteroatoms. The number of nitrogens with one attached hydrogen (secondary N) is 2. The first-order valence-corrected chi connectivity index (χ1v) is 5.86. The molecule has 0 radical (unpaired) electrons. The van der Waals surface area contributed by atoms with Gasteiger partial charge in [0.15, 0.2) is 0 Å². The Morgan fingerprint density at radius 3 is 3.06 bits per heavy atom.